The third-order valence-electron chi connectivity index (χ3n) is 3.87. The van der Waals surface area contributed by atoms with Gasteiger partial charge in [0.25, 0.3) is 11.8 Å². The number of carbonyl (C=O) groups is 2. The first-order valence-electron chi connectivity index (χ1n) is 8.46. The van der Waals surface area contributed by atoms with Crippen LogP contribution in [0.2, 0.25) is 0 Å². The molecule has 27 heavy (non-hydrogen) atoms. The highest BCUT2D eigenvalue weighted by Crippen LogP contribution is 2.17. The van der Waals surface area contributed by atoms with Gasteiger partial charge >= 0.3 is 0 Å². The lowest BCUT2D eigenvalue weighted by atomic mass is 10.2. The zero-order valence-corrected chi connectivity index (χ0v) is 15.5. The van der Waals surface area contributed by atoms with E-state index in [-0.39, 0.29) is 17.5 Å². The maximum atomic E-state index is 12.6. The Kier molecular flexibility index (Phi) is 7.72. The second-order valence-corrected chi connectivity index (χ2v) is 5.75. The number of nitrogens with two attached hydrogens (primary N) is 1. The molecule has 8 heteroatoms. The van der Waals surface area contributed by atoms with Gasteiger partial charge < -0.3 is 25.4 Å². The average Bonchev–Trinajstić information content (AvgIpc) is 2.69. The van der Waals surface area contributed by atoms with Crippen LogP contribution in [0, 0.1) is 0 Å². The van der Waals surface area contributed by atoms with Gasteiger partial charge in [-0.25, -0.2) is 0 Å². The van der Waals surface area contributed by atoms with Crippen LogP contribution in [0.1, 0.15) is 20.8 Å². The highest BCUT2D eigenvalue weighted by Gasteiger charge is 2.17. The van der Waals surface area contributed by atoms with Crippen molar-refractivity contribution < 1.29 is 19.1 Å². The number of nitrogens with one attached hydrogen (secondary N) is 1. The van der Waals surface area contributed by atoms with Crippen LogP contribution in [0.3, 0.4) is 0 Å². The van der Waals surface area contributed by atoms with Crippen LogP contribution >= 0.6 is 0 Å². The molecule has 0 saturated carbocycles. The summed E-state index contributed by atoms with van der Waals surface area (Å²) in [5.74, 6) is -0.599. The molecule has 0 aliphatic carbocycles. The summed E-state index contributed by atoms with van der Waals surface area (Å²) in [6.07, 6.45) is 1.37. The number of ether oxygens (including phenoxy) is 2. The normalized spacial score (nSPS) is 10.4. The Balaban J connectivity index is 2.07. The van der Waals surface area contributed by atoms with E-state index in [9.17, 15) is 9.59 Å². The minimum Gasteiger partial charge on any atom is -0.397 e. The van der Waals surface area contributed by atoms with Gasteiger partial charge in [0.15, 0.2) is 0 Å². The first kappa shape index (κ1) is 20.3. The minimum atomic E-state index is -0.352. The summed E-state index contributed by atoms with van der Waals surface area (Å²) in [5, 5.41) is 2.72. The Morgan fingerprint density at radius 3 is 2.30 bits per heavy atom. The number of hydrogen-bond acceptors (Lipinski definition) is 6. The van der Waals surface area contributed by atoms with E-state index < -0.39 is 0 Å². The molecule has 2 aromatic rings. The fourth-order valence-corrected chi connectivity index (χ4v) is 2.34. The number of nitrogens with zero attached hydrogens (tertiary/aromatic N) is 2. The lowest BCUT2D eigenvalue weighted by molar-refractivity contribution is 0.0621. The minimum absolute atomic E-state index is 0.247. The third kappa shape index (κ3) is 5.77. The predicted octanol–water partition coefficient (Wildman–Crippen LogP) is 1.65. The Morgan fingerprint density at radius 1 is 1.07 bits per heavy atom. The quantitative estimate of drug-likeness (QED) is 0.648. The zero-order valence-electron chi connectivity index (χ0n) is 15.5. The molecule has 3 N–H and O–H groups in total. The predicted molar refractivity (Wildman–Crippen MR) is 103 cm³/mol. The van der Waals surface area contributed by atoms with Crippen molar-refractivity contribution in [2.75, 3.05) is 51.6 Å². The molecule has 1 heterocycles. The van der Waals surface area contributed by atoms with Crippen molar-refractivity contribution in [1.29, 1.82) is 0 Å². The largest absolute Gasteiger partial charge is 0.397 e. The maximum Gasteiger partial charge on any atom is 0.272 e. The van der Waals surface area contributed by atoms with E-state index in [2.05, 4.69) is 10.3 Å². The Hall–Kier alpha value is -2.97. The number of methoxy groups -OCH3 is 2. The lowest BCUT2D eigenvalue weighted by Gasteiger charge is -2.21. The van der Waals surface area contributed by atoms with E-state index in [1.54, 1.807) is 49.5 Å². The third-order valence-corrected chi connectivity index (χ3v) is 3.87. The van der Waals surface area contributed by atoms with E-state index in [1.165, 1.54) is 12.3 Å². The Morgan fingerprint density at radius 2 is 1.74 bits per heavy atom. The van der Waals surface area contributed by atoms with Crippen LogP contribution < -0.4 is 11.1 Å². The van der Waals surface area contributed by atoms with E-state index in [4.69, 9.17) is 15.2 Å². The molecule has 1 aromatic carbocycles. The second kappa shape index (κ2) is 10.2. The van der Waals surface area contributed by atoms with Crippen molar-refractivity contribution >= 4 is 23.2 Å². The van der Waals surface area contributed by atoms with Gasteiger partial charge in [0.2, 0.25) is 0 Å². The monoisotopic (exact) mass is 372 g/mol. The summed E-state index contributed by atoms with van der Waals surface area (Å²) < 4.78 is 10.1. The topological polar surface area (TPSA) is 107 Å². The van der Waals surface area contributed by atoms with Crippen LogP contribution in [0.5, 0.6) is 0 Å². The molecular formula is C19H24N4O4. The van der Waals surface area contributed by atoms with Crippen LogP contribution in [0.4, 0.5) is 11.4 Å². The molecule has 0 radical (unpaired) electrons. The van der Waals surface area contributed by atoms with Gasteiger partial charge in [-0.15, -0.1) is 0 Å². The molecule has 0 fully saturated rings. The lowest BCUT2D eigenvalue weighted by Crippen LogP contribution is -2.37. The van der Waals surface area contributed by atoms with Gasteiger partial charge in [0.1, 0.15) is 5.69 Å². The first-order valence-corrected chi connectivity index (χ1v) is 8.46. The van der Waals surface area contributed by atoms with Crippen LogP contribution in [-0.2, 0) is 9.47 Å². The molecule has 0 atom stereocenters. The smallest absolute Gasteiger partial charge is 0.272 e. The number of nitrogen functional groups attached to an aromatic ring is 1. The summed E-state index contributed by atoms with van der Waals surface area (Å²) in [6, 6.07) is 10.1. The molecule has 0 spiro atoms. The number of rotatable bonds is 9. The van der Waals surface area contributed by atoms with E-state index in [0.29, 0.717) is 43.2 Å². The fourth-order valence-electron chi connectivity index (χ4n) is 2.34. The zero-order chi connectivity index (χ0) is 19.6. The molecule has 2 amide bonds. The molecule has 8 nitrogen and oxygen atoms in total. The highest BCUT2D eigenvalue weighted by molar-refractivity contribution is 6.05. The molecule has 0 aliphatic rings. The molecule has 1 aromatic heterocycles. The number of aromatic nitrogens is 1. The Labute approximate surface area is 158 Å². The van der Waals surface area contributed by atoms with Gasteiger partial charge in [-0.3, -0.25) is 14.6 Å². The summed E-state index contributed by atoms with van der Waals surface area (Å²) >= 11 is 0. The number of amides is 2. The van der Waals surface area contributed by atoms with Gasteiger partial charge in [0.05, 0.1) is 30.2 Å². The summed E-state index contributed by atoms with van der Waals surface area (Å²) in [6.45, 7) is 1.68. The van der Waals surface area contributed by atoms with Crippen molar-refractivity contribution in [3.05, 3.63) is 53.9 Å². The van der Waals surface area contributed by atoms with Crippen molar-refractivity contribution in [3.63, 3.8) is 0 Å². The number of benzene rings is 1. The van der Waals surface area contributed by atoms with Gasteiger partial charge in [-0.05, 0) is 24.3 Å². The van der Waals surface area contributed by atoms with E-state index >= 15 is 0 Å². The summed E-state index contributed by atoms with van der Waals surface area (Å²) in [7, 11) is 3.15. The van der Waals surface area contributed by atoms with Gasteiger partial charge in [-0.2, -0.15) is 0 Å². The fraction of sp³-hybridized carbons (Fsp3) is 0.316. The molecule has 0 bridgehead atoms. The molecule has 0 saturated heterocycles. The second-order valence-electron chi connectivity index (χ2n) is 5.75. The van der Waals surface area contributed by atoms with E-state index in [0.717, 1.165) is 0 Å². The number of anilines is 2. The van der Waals surface area contributed by atoms with E-state index in [1.807, 2.05) is 0 Å². The summed E-state index contributed by atoms with van der Waals surface area (Å²) in [5.41, 5.74) is 7.39. The van der Waals surface area contributed by atoms with Crippen molar-refractivity contribution in [2.24, 2.45) is 0 Å². The Bertz CT molecular complexity index is 757. The van der Waals surface area contributed by atoms with Gasteiger partial charge in [0, 0.05) is 33.5 Å². The van der Waals surface area contributed by atoms with Crippen LogP contribution in [-0.4, -0.2) is 62.2 Å². The maximum absolute atomic E-state index is 12.6. The highest BCUT2D eigenvalue weighted by atomic mass is 16.5. The molecule has 0 aliphatic heterocycles. The molecule has 2 rings (SSSR count). The first-order chi connectivity index (χ1) is 13.1. The number of pyridine rings is 1. The molecular weight excluding hydrogens is 348 g/mol. The average molecular weight is 372 g/mol. The summed E-state index contributed by atoms with van der Waals surface area (Å²) in [4.78, 5) is 30.7. The number of carbonyl (C=O) groups excluding carboxylic acids is 2. The molecule has 144 valence electrons. The molecule has 0 unspecified atom stereocenters. The van der Waals surface area contributed by atoms with Crippen molar-refractivity contribution in [3.8, 4) is 0 Å². The van der Waals surface area contributed by atoms with Crippen molar-refractivity contribution in [1.82, 2.24) is 9.88 Å². The standard InChI is InChI=1S/C19H24N4O4/c1-26-11-9-23(10-12-27-2)19(25)17-8-7-14(13-21-17)18(24)22-16-6-4-3-5-15(16)20/h3-8,13H,9-12,20H2,1-2H3,(H,22,24). The number of hydrogen-bond donors (Lipinski definition) is 2. The van der Waals surface area contributed by atoms with Crippen LogP contribution in [0.15, 0.2) is 42.6 Å². The number of para-hydroxylation sites is 2. The van der Waals surface area contributed by atoms with Crippen LogP contribution in [0.25, 0.3) is 0 Å². The van der Waals surface area contributed by atoms with Crippen molar-refractivity contribution in [2.45, 2.75) is 0 Å². The SMILES string of the molecule is COCCN(CCOC)C(=O)c1ccc(C(=O)Nc2ccccc2N)cn1. The van der Waals surface area contributed by atoms with Gasteiger partial charge in [-0.1, -0.05) is 12.1 Å².